The molecule has 0 saturated carbocycles. The summed E-state index contributed by atoms with van der Waals surface area (Å²) in [4.78, 5) is 25.8. The molecule has 0 aromatic heterocycles. The van der Waals surface area contributed by atoms with E-state index < -0.39 is 12.1 Å². The molecule has 3 aromatic carbocycles. The molecular formula is C24H20BrClN3O3+. The van der Waals surface area contributed by atoms with E-state index in [2.05, 4.69) is 26.7 Å². The number of amides is 2. The lowest BCUT2D eigenvalue weighted by Crippen LogP contribution is -2.42. The highest BCUT2D eigenvalue weighted by Gasteiger charge is 2.47. The van der Waals surface area contributed by atoms with E-state index in [4.69, 9.17) is 16.3 Å². The fourth-order valence-corrected chi connectivity index (χ4v) is 3.91. The smallest absolute Gasteiger partial charge is 0.304 e. The Balaban J connectivity index is 1.67. The number of benzene rings is 3. The van der Waals surface area contributed by atoms with Crippen LogP contribution in [0.15, 0.2) is 77.3 Å². The van der Waals surface area contributed by atoms with Crippen LogP contribution < -0.4 is 15.5 Å². The average molecular weight is 514 g/mol. The Morgan fingerprint density at radius 3 is 2.34 bits per heavy atom. The molecule has 2 amide bonds. The van der Waals surface area contributed by atoms with Crippen LogP contribution >= 0.6 is 27.5 Å². The summed E-state index contributed by atoms with van der Waals surface area (Å²) in [6.07, 6.45) is 1.84. The predicted molar refractivity (Wildman–Crippen MR) is 126 cm³/mol. The molecule has 0 unspecified atom stereocenters. The molecule has 8 heteroatoms. The highest BCUT2D eigenvalue weighted by atomic mass is 79.9. The van der Waals surface area contributed by atoms with Gasteiger partial charge in [-0.2, -0.15) is 0 Å². The zero-order valence-electron chi connectivity index (χ0n) is 17.1. The Labute approximate surface area is 199 Å². The number of halogens is 2. The Kier molecular flexibility index (Phi) is 6.58. The second kappa shape index (κ2) is 9.54. The van der Waals surface area contributed by atoms with Crippen LogP contribution in [-0.2, 0) is 4.79 Å². The van der Waals surface area contributed by atoms with Gasteiger partial charge >= 0.3 is 5.91 Å². The van der Waals surface area contributed by atoms with Crippen molar-refractivity contribution in [1.29, 1.82) is 0 Å². The molecule has 1 heterocycles. The number of hydrazone groups is 1. The second-order valence-corrected chi connectivity index (χ2v) is 8.59. The Morgan fingerprint density at radius 2 is 1.72 bits per heavy atom. The van der Waals surface area contributed by atoms with E-state index >= 15 is 0 Å². The van der Waals surface area contributed by atoms with Crippen molar-refractivity contribution < 1.29 is 19.0 Å². The van der Waals surface area contributed by atoms with Crippen LogP contribution in [0.2, 0.25) is 5.02 Å². The van der Waals surface area contributed by atoms with E-state index in [0.29, 0.717) is 16.3 Å². The van der Waals surface area contributed by atoms with Gasteiger partial charge in [0.25, 0.3) is 5.91 Å². The van der Waals surface area contributed by atoms with Crippen LogP contribution in [-0.4, -0.2) is 35.9 Å². The topological polar surface area (TPSA) is 70.4 Å². The first kappa shape index (κ1) is 22.0. The predicted octanol–water partition coefficient (Wildman–Crippen LogP) is 4.13. The fourth-order valence-electron chi connectivity index (χ4n) is 3.52. The monoisotopic (exact) mass is 512 g/mol. The summed E-state index contributed by atoms with van der Waals surface area (Å²) >= 11 is 9.49. The molecule has 1 aliphatic rings. The van der Waals surface area contributed by atoms with Gasteiger partial charge in [0, 0.05) is 26.2 Å². The minimum atomic E-state index is -0.808. The minimum Gasteiger partial charge on any atom is -0.497 e. The van der Waals surface area contributed by atoms with Crippen molar-refractivity contribution in [3.8, 4) is 5.75 Å². The molecular weight excluding hydrogens is 494 g/mol. The van der Waals surface area contributed by atoms with E-state index in [1.54, 1.807) is 48.2 Å². The molecule has 1 fully saturated rings. The van der Waals surface area contributed by atoms with Crippen LogP contribution in [0.4, 0.5) is 0 Å². The van der Waals surface area contributed by atoms with Gasteiger partial charge < -0.3 is 10.1 Å². The maximum absolute atomic E-state index is 12.9. The van der Waals surface area contributed by atoms with Gasteiger partial charge in [0.05, 0.1) is 7.11 Å². The van der Waals surface area contributed by atoms with E-state index in [1.165, 1.54) is 0 Å². The van der Waals surface area contributed by atoms with Crippen LogP contribution in [0.25, 0.3) is 0 Å². The van der Waals surface area contributed by atoms with Gasteiger partial charge in [0.2, 0.25) is 12.3 Å². The highest BCUT2D eigenvalue weighted by molar-refractivity contribution is 9.10. The molecule has 3 aromatic rings. The lowest BCUT2D eigenvalue weighted by molar-refractivity contribution is -0.596. The Morgan fingerprint density at radius 1 is 1.06 bits per heavy atom. The van der Waals surface area contributed by atoms with Crippen molar-refractivity contribution in [3.63, 3.8) is 0 Å². The molecule has 1 aliphatic heterocycles. The third kappa shape index (κ3) is 4.84. The third-order valence-corrected chi connectivity index (χ3v) is 5.93. The van der Waals surface area contributed by atoms with Gasteiger partial charge in [-0.15, -0.1) is 10.1 Å². The summed E-state index contributed by atoms with van der Waals surface area (Å²) < 4.78 is 7.82. The maximum Gasteiger partial charge on any atom is 0.304 e. The van der Waals surface area contributed by atoms with Gasteiger partial charge in [0.15, 0.2) is 6.04 Å². The largest absolute Gasteiger partial charge is 0.497 e. The number of nitrogens with one attached hydrogen (secondary N) is 2. The first-order valence-corrected chi connectivity index (χ1v) is 11.0. The van der Waals surface area contributed by atoms with Crippen LogP contribution in [0, 0.1) is 0 Å². The normalized spacial score (nSPS) is 19.0. The van der Waals surface area contributed by atoms with E-state index in [0.717, 1.165) is 15.6 Å². The highest BCUT2D eigenvalue weighted by Crippen LogP contribution is 2.27. The summed E-state index contributed by atoms with van der Waals surface area (Å²) in [6, 6.07) is 20.4. The molecule has 162 valence electrons. The van der Waals surface area contributed by atoms with Gasteiger partial charge in [-0.05, 0) is 60.7 Å². The molecule has 0 radical (unpaired) electrons. The number of hydrazine groups is 1. The number of carbonyl (C=O) groups is 2. The summed E-state index contributed by atoms with van der Waals surface area (Å²) in [5.41, 5.74) is 5.03. The average Bonchev–Trinajstić information content (AvgIpc) is 3.10. The van der Waals surface area contributed by atoms with Crippen LogP contribution in [0.3, 0.4) is 0 Å². The first-order valence-electron chi connectivity index (χ1n) is 9.84. The molecule has 0 spiro atoms. The molecule has 4 rings (SSSR count). The number of hydrogen-bond donors (Lipinski definition) is 2. The number of methoxy groups -OCH3 is 1. The number of hydrogen-bond acceptors (Lipinski definition) is 3. The number of rotatable bonds is 5. The SMILES string of the molecule is COc1ccc(C(=O)N[C@@H]2C(=O)N/[N+](=C\c3ccc(Br)cc3)[C@@H]2c2ccc(Cl)cc2)cc1. The Bertz CT molecular complexity index is 1160. The summed E-state index contributed by atoms with van der Waals surface area (Å²) in [5.74, 6) is -0.00750. The number of carbonyl (C=O) groups excluding carboxylic acids is 2. The molecule has 32 heavy (non-hydrogen) atoms. The number of ether oxygens (including phenoxy) is 1. The minimum absolute atomic E-state index is 0.305. The van der Waals surface area contributed by atoms with Crippen molar-refractivity contribution in [2.24, 2.45) is 0 Å². The summed E-state index contributed by atoms with van der Waals surface area (Å²) in [7, 11) is 1.56. The molecule has 1 saturated heterocycles. The molecule has 0 aliphatic carbocycles. The van der Waals surface area contributed by atoms with E-state index in [1.807, 2.05) is 42.6 Å². The first-order chi connectivity index (χ1) is 15.4. The maximum atomic E-state index is 12.9. The van der Waals surface area contributed by atoms with Gasteiger partial charge in [-0.25, -0.2) is 0 Å². The summed E-state index contributed by atoms with van der Waals surface area (Å²) in [5, 5.41) is 3.47. The summed E-state index contributed by atoms with van der Waals surface area (Å²) in [6.45, 7) is 0. The van der Waals surface area contributed by atoms with E-state index in [9.17, 15) is 9.59 Å². The van der Waals surface area contributed by atoms with Gasteiger partial charge in [0.1, 0.15) is 5.75 Å². The standard InChI is InChI=1S/C24H19BrClN3O3/c1-32-20-12-6-17(7-13-20)23(30)27-21-22(16-4-10-19(26)11-5-16)29(28-24(21)31)14-15-2-8-18(25)9-3-15/h2-14,21-22H,1H3,(H-,27,28,30,31)/p+1/b29-14-/t21-,22+/m0/s1. The lowest BCUT2D eigenvalue weighted by atomic mass is 9.99. The number of nitrogens with zero attached hydrogens (tertiary/aromatic N) is 1. The zero-order valence-corrected chi connectivity index (χ0v) is 19.4. The third-order valence-electron chi connectivity index (χ3n) is 5.15. The van der Waals surface area contributed by atoms with Crippen molar-refractivity contribution in [1.82, 2.24) is 10.7 Å². The van der Waals surface area contributed by atoms with Crippen LogP contribution in [0.5, 0.6) is 5.75 Å². The molecule has 6 nitrogen and oxygen atoms in total. The van der Waals surface area contributed by atoms with Crippen molar-refractivity contribution in [2.45, 2.75) is 12.1 Å². The zero-order chi connectivity index (χ0) is 22.7. The van der Waals surface area contributed by atoms with Crippen molar-refractivity contribution in [2.75, 3.05) is 7.11 Å². The van der Waals surface area contributed by atoms with Gasteiger partial charge in [-0.3, -0.25) is 9.59 Å². The lowest BCUT2D eigenvalue weighted by Gasteiger charge is -2.15. The molecule has 2 N–H and O–H groups in total. The Hall–Kier alpha value is -3.16. The van der Waals surface area contributed by atoms with E-state index in [-0.39, 0.29) is 11.8 Å². The second-order valence-electron chi connectivity index (χ2n) is 7.24. The molecule has 2 atom stereocenters. The van der Waals surface area contributed by atoms with Gasteiger partial charge in [-0.1, -0.05) is 39.7 Å². The van der Waals surface area contributed by atoms with Crippen LogP contribution in [0.1, 0.15) is 27.5 Å². The van der Waals surface area contributed by atoms with Crippen molar-refractivity contribution >= 4 is 45.6 Å². The molecule has 0 bridgehead atoms. The quantitative estimate of drug-likeness (QED) is 0.504. The van der Waals surface area contributed by atoms with Crippen molar-refractivity contribution in [3.05, 3.63) is 99.0 Å². The fraction of sp³-hybridized carbons (Fsp3) is 0.125.